The number of carbonyl (C=O) groups is 1. The predicted octanol–water partition coefficient (Wildman–Crippen LogP) is 0.595. The third kappa shape index (κ3) is 10.1. The van der Waals surface area contributed by atoms with E-state index in [1.165, 1.54) is 0 Å². The van der Waals surface area contributed by atoms with Gasteiger partial charge in [-0.2, -0.15) is 13.2 Å². The zero-order chi connectivity index (χ0) is 13.5. The summed E-state index contributed by atoms with van der Waals surface area (Å²) >= 11 is 0. The number of nitrogens with zero attached hydrogens (tertiary/aromatic N) is 1. The highest BCUT2D eigenvalue weighted by atomic mass is 19.4. The molecule has 0 saturated heterocycles. The monoisotopic (exact) mass is 255 g/mol. The van der Waals surface area contributed by atoms with Crippen molar-refractivity contribution in [3.05, 3.63) is 0 Å². The highest BCUT2D eigenvalue weighted by molar-refractivity contribution is 5.77. The Balaban J connectivity index is 3.52. The minimum absolute atomic E-state index is 0.0952. The Morgan fingerprint density at radius 1 is 1.35 bits per heavy atom. The molecule has 0 heterocycles. The fraction of sp³-hybridized carbons (Fsp3) is 0.900. The Hall–Kier alpha value is -0.820. The smallest absolute Gasteiger partial charge is 0.346 e. The number of hydrogen-bond donors (Lipinski definition) is 2. The van der Waals surface area contributed by atoms with Gasteiger partial charge in [0.2, 0.25) is 5.91 Å². The number of carbonyl (C=O) groups excluding carboxylic acids is 1. The van der Waals surface area contributed by atoms with Crippen LogP contribution in [0, 0.1) is 0 Å². The van der Waals surface area contributed by atoms with Crippen LogP contribution in [-0.2, 0) is 4.79 Å². The molecule has 102 valence electrons. The Labute approximate surface area is 99.5 Å². The molecular weight excluding hydrogens is 235 g/mol. The minimum Gasteiger partial charge on any atom is -0.346 e. The Morgan fingerprint density at radius 2 is 1.94 bits per heavy atom. The molecular formula is C10H20F3N3O. The topological polar surface area (TPSA) is 44.4 Å². The van der Waals surface area contributed by atoms with Crippen LogP contribution in [0.4, 0.5) is 13.2 Å². The van der Waals surface area contributed by atoms with Gasteiger partial charge in [0.1, 0.15) is 6.54 Å². The summed E-state index contributed by atoms with van der Waals surface area (Å²) in [5, 5.41) is 4.58. The van der Waals surface area contributed by atoms with E-state index in [0.29, 0.717) is 12.6 Å². The van der Waals surface area contributed by atoms with Crippen molar-refractivity contribution in [2.75, 3.05) is 33.2 Å². The second-order valence-corrected chi connectivity index (χ2v) is 4.14. The van der Waals surface area contributed by atoms with Gasteiger partial charge in [0.05, 0.1) is 6.54 Å². The van der Waals surface area contributed by atoms with Gasteiger partial charge in [-0.15, -0.1) is 0 Å². The number of halogens is 3. The summed E-state index contributed by atoms with van der Waals surface area (Å²) in [6.07, 6.45) is -4.35. The zero-order valence-corrected chi connectivity index (χ0v) is 10.4. The standard InChI is InChI=1S/C10H20F3N3O/c1-8(2)16(3)5-4-14-6-9(17)15-7-10(11,12)13/h8,14H,4-7H2,1-3H3,(H,15,17). The first-order valence-corrected chi connectivity index (χ1v) is 5.47. The van der Waals surface area contributed by atoms with Crippen molar-refractivity contribution < 1.29 is 18.0 Å². The number of alkyl halides is 3. The van der Waals surface area contributed by atoms with Crippen LogP contribution < -0.4 is 10.6 Å². The first-order valence-electron chi connectivity index (χ1n) is 5.47. The van der Waals surface area contributed by atoms with Crippen LogP contribution in [0.5, 0.6) is 0 Å². The number of likely N-dealkylation sites (N-methyl/N-ethyl adjacent to an activating group) is 1. The lowest BCUT2D eigenvalue weighted by molar-refractivity contribution is -0.137. The van der Waals surface area contributed by atoms with Crippen LogP contribution in [0.3, 0.4) is 0 Å². The van der Waals surface area contributed by atoms with Crippen LogP contribution >= 0.6 is 0 Å². The maximum absolute atomic E-state index is 11.8. The van der Waals surface area contributed by atoms with Crippen molar-refractivity contribution in [2.24, 2.45) is 0 Å². The molecule has 0 radical (unpaired) electrons. The largest absolute Gasteiger partial charge is 0.405 e. The van der Waals surface area contributed by atoms with Gasteiger partial charge in [0.25, 0.3) is 0 Å². The van der Waals surface area contributed by atoms with Crippen LogP contribution in [-0.4, -0.2) is 56.3 Å². The van der Waals surface area contributed by atoms with Crippen molar-refractivity contribution in [1.29, 1.82) is 0 Å². The van der Waals surface area contributed by atoms with Gasteiger partial charge >= 0.3 is 6.18 Å². The average molecular weight is 255 g/mol. The molecule has 0 atom stereocenters. The Bertz CT molecular complexity index is 231. The van der Waals surface area contributed by atoms with Crippen LogP contribution in [0.2, 0.25) is 0 Å². The molecule has 0 fully saturated rings. The van der Waals surface area contributed by atoms with Crippen LogP contribution in [0.25, 0.3) is 0 Å². The van der Waals surface area contributed by atoms with Crippen LogP contribution in [0.15, 0.2) is 0 Å². The highest BCUT2D eigenvalue weighted by Gasteiger charge is 2.27. The zero-order valence-electron chi connectivity index (χ0n) is 10.4. The van der Waals surface area contributed by atoms with E-state index in [0.717, 1.165) is 6.54 Å². The van der Waals surface area contributed by atoms with E-state index in [9.17, 15) is 18.0 Å². The molecule has 0 aliphatic rings. The average Bonchev–Trinajstić information content (AvgIpc) is 2.20. The number of amides is 1. The first kappa shape index (κ1) is 16.2. The van der Waals surface area contributed by atoms with Gasteiger partial charge in [-0.1, -0.05) is 0 Å². The summed E-state index contributed by atoms with van der Waals surface area (Å²) in [5.41, 5.74) is 0. The molecule has 0 unspecified atom stereocenters. The molecule has 17 heavy (non-hydrogen) atoms. The van der Waals surface area contributed by atoms with Crippen molar-refractivity contribution >= 4 is 5.91 Å². The maximum Gasteiger partial charge on any atom is 0.405 e. The summed E-state index contributed by atoms with van der Waals surface area (Å²) in [6.45, 7) is 4.01. The Morgan fingerprint density at radius 3 is 2.41 bits per heavy atom. The summed E-state index contributed by atoms with van der Waals surface area (Å²) < 4.78 is 35.3. The summed E-state index contributed by atoms with van der Waals surface area (Å²) in [7, 11) is 1.94. The third-order valence-corrected chi connectivity index (χ3v) is 2.29. The molecule has 1 amide bonds. The minimum atomic E-state index is -4.35. The number of hydrogen-bond acceptors (Lipinski definition) is 3. The SMILES string of the molecule is CC(C)N(C)CCNCC(=O)NCC(F)(F)F. The van der Waals surface area contributed by atoms with Crippen molar-refractivity contribution in [3.63, 3.8) is 0 Å². The fourth-order valence-corrected chi connectivity index (χ4v) is 0.977. The molecule has 0 aromatic carbocycles. The molecule has 4 nitrogen and oxygen atoms in total. The lowest BCUT2D eigenvalue weighted by atomic mass is 10.3. The van der Waals surface area contributed by atoms with Crippen molar-refractivity contribution in [3.8, 4) is 0 Å². The van der Waals surface area contributed by atoms with Crippen molar-refractivity contribution in [2.45, 2.75) is 26.1 Å². The quantitative estimate of drug-likeness (QED) is 0.655. The molecule has 0 bridgehead atoms. The third-order valence-electron chi connectivity index (χ3n) is 2.29. The predicted molar refractivity (Wildman–Crippen MR) is 59.7 cm³/mol. The summed E-state index contributed by atoms with van der Waals surface area (Å²) in [4.78, 5) is 13.1. The van der Waals surface area contributed by atoms with E-state index in [1.807, 2.05) is 20.9 Å². The first-order chi connectivity index (χ1) is 7.72. The Kier molecular flexibility index (Phi) is 7.13. The second kappa shape index (κ2) is 7.50. The molecule has 0 aliphatic carbocycles. The maximum atomic E-state index is 11.8. The van der Waals surface area contributed by atoms with E-state index in [2.05, 4.69) is 10.2 Å². The number of rotatable bonds is 7. The lowest BCUT2D eigenvalue weighted by Gasteiger charge is -2.20. The number of nitrogens with one attached hydrogen (secondary N) is 2. The molecule has 0 aromatic heterocycles. The fourth-order valence-electron chi connectivity index (χ4n) is 0.977. The van der Waals surface area contributed by atoms with Crippen molar-refractivity contribution in [1.82, 2.24) is 15.5 Å². The summed E-state index contributed by atoms with van der Waals surface area (Å²) in [6, 6.07) is 0.399. The second-order valence-electron chi connectivity index (χ2n) is 4.14. The normalized spacial score (nSPS) is 12.2. The van der Waals surface area contributed by atoms with E-state index in [1.54, 1.807) is 5.32 Å². The lowest BCUT2D eigenvalue weighted by Crippen LogP contribution is -2.41. The van der Waals surface area contributed by atoms with Crippen LogP contribution in [0.1, 0.15) is 13.8 Å². The van der Waals surface area contributed by atoms with Gasteiger partial charge < -0.3 is 15.5 Å². The summed E-state index contributed by atoms with van der Waals surface area (Å²) in [5.74, 6) is -0.644. The molecule has 2 N–H and O–H groups in total. The molecule has 0 aromatic rings. The van der Waals surface area contributed by atoms with E-state index >= 15 is 0 Å². The van der Waals surface area contributed by atoms with Gasteiger partial charge in [-0.25, -0.2) is 0 Å². The van der Waals surface area contributed by atoms with Gasteiger partial charge in [0, 0.05) is 19.1 Å². The molecule has 0 aliphatic heterocycles. The molecule has 0 spiro atoms. The highest BCUT2D eigenvalue weighted by Crippen LogP contribution is 2.11. The molecule has 0 saturated carbocycles. The van der Waals surface area contributed by atoms with Gasteiger partial charge in [-0.3, -0.25) is 4.79 Å². The van der Waals surface area contributed by atoms with Gasteiger partial charge in [0.15, 0.2) is 0 Å². The molecule has 0 rings (SSSR count). The van der Waals surface area contributed by atoms with E-state index in [-0.39, 0.29) is 6.54 Å². The van der Waals surface area contributed by atoms with E-state index in [4.69, 9.17) is 0 Å². The van der Waals surface area contributed by atoms with E-state index < -0.39 is 18.6 Å². The molecule has 7 heteroatoms. The van der Waals surface area contributed by atoms with Gasteiger partial charge in [-0.05, 0) is 20.9 Å².